The Labute approximate surface area is 81.4 Å². The van der Waals surface area contributed by atoms with E-state index in [1.54, 1.807) is 0 Å². The number of hydrogen-bond donors (Lipinski definition) is 0. The van der Waals surface area contributed by atoms with Crippen molar-refractivity contribution >= 4 is 5.71 Å². The average Bonchev–Trinajstić information content (AvgIpc) is 2.32. The lowest BCUT2D eigenvalue weighted by molar-refractivity contribution is 0.271. The van der Waals surface area contributed by atoms with Crippen molar-refractivity contribution in [3.05, 3.63) is 0 Å². The van der Waals surface area contributed by atoms with Crippen LogP contribution >= 0.6 is 0 Å². The van der Waals surface area contributed by atoms with Crippen LogP contribution in [0.25, 0.3) is 0 Å². The van der Waals surface area contributed by atoms with E-state index in [2.05, 4.69) is 49.9 Å². The molecule has 0 spiro atoms. The van der Waals surface area contributed by atoms with Crippen molar-refractivity contribution in [2.24, 2.45) is 5.10 Å². The third kappa shape index (κ3) is 1.85. The van der Waals surface area contributed by atoms with Gasteiger partial charge >= 0.3 is 0 Å². The van der Waals surface area contributed by atoms with Crippen LogP contribution in [0.2, 0.25) is 0 Å². The van der Waals surface area contributed by atoms with E-state index in [0.717, 1.165) is 6.42 Å². The Hall–Kier alpha value is -0.570. The van der Waals surface area contributed by atoms with Crippen molar-refractivity contribution in [3.8, 4) is 0 Å². The van der Waals surface area contributed by atoms with E-state index in [-0.39, 0.29) is 5.54 Å². The van der Waals surface area contributed by atoms with E-state index in [4.69, 9.17) is 0 Å². The molecular weight excluding hydrogens is 162 g/mol. The Balaban J connectivity index is 2.80. The summed E-state index contributed by atoms with van der Waals surface area (Å²) in [4.78, 5) is 2.22. The van der Waals surface area contributed by atoms with Gasteiger partial charge in [-0.1, -0.05) is 0 Å². The SMILES string of the molecule is CC1CC(C(C)(C)N(C)C)=NN1C. The molecule has 0 bridgehead atoms. The molecule has 0 aromatic heterocycles. The molecule has 76 valence electrons. The van der Waals surface area contributed by atoms with Crippen molar-refractivity contribution in [1.82, 2.24) is 9.91 Å². The van der Waals surface area contributed by atoms with Crippen LogP contribution in [-0.4, -0.2) is 48.3 Å². The number of hydrazone groups is 1. The molecule has 0 aromatic carbocycles. The standard InChI is InChI=1S/C10H21N3/c1-8-7-9(11-13(8)6)10(2,3)12(4)5/h8H,7H2,1-6H3. The Bertz CT molecular complexity index is 218. The second kappa shape index (κ2) is 3.29. The normalized spacial score (nSPS) is 24.1. The van der Waals surface area contributed by atoms with Gasteiger partial charge in [-0.25, -0.2) is 0 Å². The summed E-state index contributed by atoms with van der Waals surface area (Å²) in [5.74, 6) is 0. The van der Waals surface area contributed by atoms with Gasteiger partial charge in [0.1, 0.15) is 0 Å². The minimum atomic E-state index is 0.0824. The number of nitrogens with zero attached hydrogens (tertiary/aromatic N) is 3. The Morgan fingerprint density at radius 1 is 1.46 bits per heavy atom. The molecule has 0 aromatic rings. The van der Waals surface area contributed by atoms with Crippen LogP contribution in [0.15, 0.2) is 5.10 Å². The molecule has 1 atom stereocenters. The highest BCUT2D eigenvalue weighted by atomic mass is 15.5. The van der Waals surface area contributed by atoms with Crippen LogP contribution in [0.1, 0.15) is 27.2 Å². The van der Waals surface area contributed by atoms with Crippen LogP contribution in [-0.2, 0) is 0 Å². The molecule has 0 N–H and O–H groups in total. The van der Waals surface area contributed by atoms with E-state index in [1.165, 1.54) is 5.71 Å². The molecule has 0 radical (unpaired) electrons. The van der Waals surface area contributed by atoms with Crippen molar-refractivity contribution in [2.75, 3.05) is 21.1 Å². The molecule has 3 nitrogen and oxygen atoms in total. The molecule has 0 fully saturated rings. The first-order valence-electron chi connectivity index (χ1n) is 4.84. The Morgan fingerprint density at radius 2 is 2.00 bits per heavy atom. The Kier molecular flexibility index (Phi) is 2.66. The summed E-state index contributed by atoms with van der Waals surface area (Å²) in [6.07, 6.45) is 1.08. The maximum Gasteiger partial charge on any atom is 0.0598 e. The minimum Gasteiger partial charge on any atom is -0.299 e. The zero-order valence-electron chi connectivity index (χ0n) is 9.63. The van der Waals surface area contributed by atoms with Gasteiger partial charge in [-0.15, -0.1) is 0 Å². The van der Waals surface area contributed by atoms with E-state index < -0.39 is 0 Å². The molecule has 1 rings (SSSR count). The van der Waals surface area contributed by atoms with Gasteiger partial charge in [-0.05, 0) is 34.9 Å². The summed E-state index contributed by atoms with van der Waals surface area (Å²) in [6.45, 7) is 6.65. The molecule has 0 saturated carbocycles. The Morgan fingerprint density at radius 3 is 2.31 bits per heavy atom. The number of rotatable bonds is 2. The van der Waals surface area contributed by atoms with E-state index in [1.807, 2.05) is 7.05 Å². The fourth-order valence-electron chi connectivity index (χ4n) is 1.37. The maximum absolute atomic E-state index is 4.57. The van der Waals surface area contributed by atoms with Crippen LogP contribution in [0.4, 0.5) is 0 Å². The molecule has 1 unspecified atom stereocenters. The molecular formula is C10H21N3. The fourth-order valence-corrected chi connectivity index (χ4v) is 1.37. The van der Waals surface area contributed by atoms with E-state index in [0.29, 0.717) is 6.04 Å². The predicted octanol–water partition coefficient (Wildman–Crippen LogP) is 1.41. The fraction of sp³-hybridized carbons (Fsp3) is 0.900. The first kappa shape index (κ1) is 10.5. The van der Waals surface area contributed by atoms with Gasteiger partial charge in [0.2, 0.25) is 0 Å². The lowest BCUT2D eigenvalue weighted by Crippen LogP contribution is -2.45. The zero-order chi connectivity index (χ0) is 10.2. The smallest absolute Gasteiger partial charge is 0.0598 e. The summed E-state index contributed by atoms with van der Waals surface area (Å²) < 4.78 is 0. The van der Waals surface area contributed by atoms with Gasteiger partial charge in [0.05, 0.1) is 11.3 Å². The minimum absolute atomic E-state index is 0.0824. The summed E-state index contributed by atoms with van der Waals surface area (Å²) in [7, 11) is 6.25. The lowest BCUT2D eigenvalue weighted by Gasteiger charge is -2.32. The summed E-state index contributed by atoms with van der Waals surface area (Å²) >= 11 is 0. The largest absolute Gasteiger partial charge is 0.299 e. The molecule has 0 aliphatic carbocycles. The highest BCUT2D eigenvalue weighted by Crippen LogP contribution is 2.23. The van der Waals surface area contributed by atoms with Crippen molar-refractivity contribution < 1.29 is 0 Å². The molecule has 1 aliphatic heterocycles. The van der Waals surface area contributed by atoms with Crippen molar-refractivity contribution in [3.63, 3.8) is 0 Å². The molecule has 1 heterocycles. The van der Waals surface area contributed by atoms with Crippen LogP contribution in [0, 0.1) is 0 Å². The second-order valence-electron chi connectivity index (χ2n) is 4.63. The number of hydrogen-bond acceptors (Lipinski definition) is 3. The molecule has 0 amide bonds. The quantitative estimate of drug-likeness (QED) is 0.644. The van der Waals surface area contributed by atoms with Gasteiger partial charge in [0.15, 0.2) is 0 Å². The van der Waals surface area contributed by atoms with Crippen LogP contribution in [0.5, 0.6) is 0 Å². The van der Waals surface area contributed by atoms with E-state index in [9.17, 15) is 0 Å². The van der Waals surface area contributed by atoms with Crippen LogP contribution < -0.4 is 0 Å². The van der Waals surface area contributed by atoms with E-state index >= 15 is 0 Å². The molecule has 0 saturated heterocycles. The third-order valence-corrected chi connectivity index (χ3v) is 3.23. The first-order chi connectivity index (χ1) is 5.85. The summed E-state index contributed by atoms with van der Waals surface area (Å²) in [5, 5.41) is 6.63. The van der Waals surface area contributed by atoms with Crippen LogP contribution in [0.3, 0.4) is 0 Å². The van der Waals surface area contributed by atoms with Gasteiger partial charge in [-0.2, -0.15) is 5.10 Å². The molecule has 3 heteroatoms. The maximum atomic E-state index is 4.57. The van der Waals surface area contributed by atoms with Crippen molar-refractivity contribution in [2.45, 2.75) is 38.8 Å². The van der Waals surface area contributed by atoms with Gasteiger partial charge in [0, 0.05) is 19.5 Å². The second-order valence-corrected chi connectivity index (χ2v) is 4.63. The molecule has 13 heavy (non-hydrogen) atoms. The monoisotopic (exact) mass is 183 g/mol. The average molecular weight is 183 g/mol. The van der Waals surface area contributed by atoms with Gasteiger partial charge in [0.25, 0.3) is 0 Å². The first-order valence-corrected chi connectivity index (χ1v) is 4.84. The highest BCUT2D eigenvalue weighted by Gasteiger charge is 2.33. The van der Waals surface area contributed by atoms with Gasteiger partial charge < -0.3 is 0 Å². The van der Waals surface area contributed by atoms with Gasteiger partial charge in [-0.3, -0.25) is 9.91 Å². The topological polar surface area (TPSA) is 18.8 Å². The summed E-state index contributed by atoms with van der Waals surface area (Å²) in [5.41, 5.74) is 1.37. The highest BCUT2D eigenvalue weighted by molar-refractivity contribution is 5.94. The predicted molar refractivity (Wildman–Crippen MR) is 57.0 cm³/mol. The molecule has 1 aliphatic rings. The van der Waals surface area contributed by atoms with Crippen molar-refractivity contribution in [1.29, 1.82) is 0 Å². The lowest BCUT2D eigenvalue weighted by atomic mass is 9.93. The third-order valence-electron chi connectivity index (χ3n) is 3.23. The summed E-state index contributed by atoms with van der Waals surface area (Å²) in [6, 6.07) is 0.550. The zero-order valence-corrected chi connectivity index (χ0v) is 9.63.